The van der Waals surface area contributed by atoms with Crippen molar-refractivity contribution in [1.82, 2.24) is 10.3 Å². The summed E-state index contributed by atoms with van der Waals surface area (Å²) in [7, 11) is 0. The lowest BCUT2D eigenvalue weighted by molar-refractivity contribution is -0.132. The Morgan fingerprint density at radius 2 is 2.00 bits per heavy atom. The molecule has 1 saturated heterocycles. The lowest BCUT2D eigenvalue weighted by Gasteiger charge is -2.21. The van der Waals surface area contributed by atoms with Crippen molar-refractivity contribution in [3.63, 3.8) is 0 Å². The molecule has 1 unspecified atom stereocenters. The van der Waals surface area contributed by atoms with Crippen LogP contribution in [0.1, 0.15) is 18.4 Å². The van der Waals surface area contributed by atoms with Gasteiger partial charge in [0.25, 0.3) is 0 Å². The van der Waals surface area contributed by atoms with Gasteiger partial charge in [-0.3, -0.25) is 9.59 Å². The molecule has 2 N–H and O–H groups in total. The fraction of sp³-hybridized carbons (Fsp3) is 0.286. The van der Waals surface area contributed by atoms with Gasteiger partial charge in [-0.2, -0.15) is 0 Å². The van der Waals surface area contributed by atoms with Crippen molar-refractivity contribution in [3.8, 4) is 0 Å². The van der Waals surface area contributed by atoms with E-state index in [4.69, 9.17) is 0 Å². The second-order valence-corrected chi connectivity index (χ2v) is 4.65. The fourth-order valence-corrected chi connectivity index (χ4v) is 2.44. The molecule has 0 saturated carbocycles. The first-order chi connectivity index (χ1) is 8.74. The Morgan fingerprint density at radius 3 is 2.89 bits per heavy atom. The summed E-state index contributed by atoms with van der Waals surface area (Å²) in [6, 6.07) is 7.60. The Hall–Kier alpha value is -2.10. The van der Waals surface area contributed by atoms with E-state index in [1.165, 1.54) is 0 Å². The smallest absolute Gasteiger partial charge is 0.221 e. The molecule has 0 spiro atoms. The molecule has 1 aromatic carbocycles. The first-order valence-electron chi connectivity index (χ1n) is 6.11. The van der Waals surface area contributed by atoms with Crippen LogP contribution in [-0.4, -0.2) is 22.7 Å². The van der Waals surface area contributed by atoms with Crippen LogP contribution in [0.3, 0.4) is 0 Å². The van der Waals surface area contributed by atoms with E-state index in [-0.39, 0.29) is 17.7 Å². The molecule has 1 aliphatic rings. The molecule has 92 valence electrons. The Kier molecular flexibility index (Phi) is 2.63. The summed E-state index contributed by atoms with van der Waals surface area (Å²) in [6.45, 7) is 0. The van der Waals surface area contributed by atoms with Gasteiger partial charge in [0.2, 0.25) is 5.91 Å². The second-order valence-electron chi connectivity index (χ2n) is 4.65. The summed E-state index contributed by atoms with van der Waals surface area (Å²) in [4.78, 5) is 26.3. The Bertz CT molecular complexity index is 615. The molecule has 4 nitrogen and oxygen atoms in total. The molecule has 1 aliphatic heterocycles. The zero-order valence-corrected chi connectivity index (χ0v) is 9.90. The van der Waals surface area contributed by atoms with E-state index in [1.807, 2.05) is 30.5 Å². The van der Waals surface area contributed by atoms with Crippen LogP contribution in [0.15, 0.2) is 30.5 Å². The van der Waals surface area contributed by atoms with Gasteiger partial charge in [0.15, 0.2) is 5.78 Å². The monoisotopic (exact) mass is 242 g/mol. The molecular formula is C14H14N2O2. The van der Waals surface area contributed by atoms with Gasteiger partial charge in [-0.25, -0.2) is 0 Å². The predicted octanol–water partition coefficient (Wildman–Crippen LogP) is 1.56. The van der Waals surface area contributed by atoms with Crippen LogP contribution in [0.5, 0.6) is 0 Å². The minimum atomic E-state index is -0.370. The Labute approximate surface area is 104 Å². The molecular weight excluding hydrogens is 228 g/mol. The molecule has 1 amide bonds. The van der Waals surface area contributed by atoms with Gasteiger partial charge >= 0.3 is 0 Å². The summed E-state index contributed by atoms with van der Waals surface area (Å²) in [5, 5.41) is 3.88. The van der Waals surface area contributed by atoms with E-state index in [0.717, 1.165) is 16.5 Å². The number of Topliss-reactive ketones (excluding diaryl/α,β-unsaturated/α-hetero) is 1. The van der Waals surface area contributed by atoms with Crippen LogP contribution in [-0.2, 0) is 16.0 Å². The van der Waals surface area contributed by atoms with Crippen molar-refractivity contribution in [2.45, 2.75) is 25.3 Å². The van der Waals surface area contributed by atoms with E-state index in [9.17, 15) is 9.59 Å². The van der Waals surface area contributed by atoms with E-state index in [2.05, 4.69) is 10.3 Å². The molecule has 1 aromatic heterocycles. The number of aromatic nitrogens is 1. The van der Waals surface area contributed by atoms with Crippen LogP contribution < -0.4 is 5.32 Å². The summed E-state index contributed by atoms with van der Waals surface area (Å²) >= 11 is 0. The summed E-state index contributed by atoms with van der Waals surface area (Å²) in [5.41, 5.74) is 2.13. The molecule has 0 aliphatic carbocycles. The van der Waals surface area contributed by atoms with Crippen molar-refractivity contribution in [1.29, 1.82) is 0 Å². The van der Waals surface area contributed by atoms with Gasteiger partial charge < -0.3 is 10.3 Å². The number of piperidine rings is 1. The van der Waals surface area contributed by atoms with Gasteiger partial charge in [-0.15, -0.1) is 0 Å². The summed E-state index contributed by atoms with van der Waals surface area (Å²) in [5.74, 6) is 0.0966. The van der Waals surface area contributed by atoms with Gasteiger partial charge in [-0.05, 0) is 11.6 Å². The number of benzene rings is 1. The quantitative estimate of drug-likeness (QED) is 0.839. The van der Waals surface area contributed by atoms with Crippen LogP contribution in [0, 0.1) is 0 Å². The number of rotatable bonds is 2. The number of aromatic amines is 1. The van der Waals surface area contributed by atoms with Crippen LogP contribution >= 0.6 is 0 Å². The Balaban J connectivity index is 1.87. The number of hydrogen-bond acceptors (Lipinski definition) is 2. The first-order valence-corrected chi connectivity index (χ1v) is 6.11. The zero-order valence-electron chi connectivity index (χ0n) is 9.90. The standard InChI is InChI=1S/C14H14N2O2/c17-13-5-6-14(18)16-12(13)7-9-8-15-11-4-2-1-3-10(9)11/h1-4,8,12,15H,5-7H2,(H,16,18). The second kappa shape index (κ2) is 4.29. The largest absolute Gasteiger partial charge is 0.361 e. The van der Waals surface area contributed by atoms with Gasteiger partial charge in [0.1, 0.15) is 0 Å². The highest BCUT2D eigenvalue weighted by atomic mass is 16.2. The van der Waals surface area contributed by atoms with Crippen molar-refractivity contribution >= 4 is 22.6 Å². The van der Waals surface area contributed by atoms with Crippen molar-refractivity contribution in [2.24, 2.45) is 0 Å². The van der Waals surface area contributed by atoms with Gasteiger partial charge in [0.05, 0.1) is 6.04 Å². The molecule has 2 heterocycles. The maximum Gasteiger partial charge on any atom is 0.221 e. The third kappa shape index (κ3) is 1.90. The number of amides is 1. The van der Waals surface area contributed by atoms with Gasteiger partial charge in [0, 0.05) is 36.4 Å². The average Bonchev–Trinajstić information content (AvgIpc) is 2.78. The Morgan fingerprint density at radius 1 is 1.17 bits per heavy atom. The van der Waals surface area contributed by atoms with Crippen LogP contribution in [0.2, 0.25) is 0 Å². The van der Waals surface area contributed by atoms with Crippen molar-refractivity contribution < 1.29 is 9.59 Å². The minimum Gasteiger partial charge on any atom is -0.361 e. The SMILES string of the molecule is O=C1CCC(=O)C(Cc2c[nH]c3ccccc23)N1. The lowest BCUT2D eigenvalue weighted by atomic mass is 9.96. The molecule has 3 rings (SSSR count). The molecule has 0 bridgehead atoms. The van der Waals surface area contributed by atoms with Crippen molar-refractivity contribution in [2.75, 3.05) is 0 Å². The van der Waals surface area contributed by atoms with Crippen molar-refractivity contribution in [3.05, 3.63) is 36.0 Å². The first kappa shape index (κ1) is 11.0. The number of H-pyrrole nitrogens is 1. The molecule has 1 atom stereocenters. The number of fused-ring (bicyclic) bond motifs is 1. The lowest BCUT2D eigenvalue weighted by Crippen LogP contribution is -2.46. The molecule has 4 heteroatoms. The highest BCUT2D eigenvalue weighted by molar-refractivity contribution is 5.96. The van der Waals surface area contributed by atoms with E-state index < -0.39 is 0 Å². The fourth-order valence-electron chi connectivity index (χ4n) is 2.44. The number of hydrogen-bond donors (Lipinski definition) is 2. The zero-order chi connectivity index (χ0) is 12.5. The van der Waals surface area contributed by atoms with E-state index in [0.29, 0.717) is 19.3 Å². The van der Waals surface area contributed by atoms with E-state index in [1.54, 1.807) is 0 Å². The van der Waals surface area contributed by atoms with Crippen LogP contribution in [0.25, 0.3) is 10.9 Å². The van der Waals surface area contributed by atoms with Gasteiger partial charge in [-0.1, -0.05) is 18.2 Å². The maximum atomic E-state index is 11.8. The summed E-state index contributed by atoms with van der Waals surface area (Å²) in [6.07, 6.45) is 3.16. The molecule has 18 heavy (non-hydrogen) atoms. The number of carbonyl (C=O) groups is 2. The minimum absolute atomic E-state index is 0.0283. The van der Waals surface area contributed by atoms with Crippen LogP contribution in [0.4, 0.5) is 0 Å². The van der Waals surface area contributed by atoms with E-state index >= 15 is 0 Å². The highest BCUT2D eigenvalue weighted by Gasteiger charge is 2.26. The number of ketones is 1. The number of carbonyl (C=O) groups excluding carboxylic acids is 2. The number of para-hydroxylation sites is 1. The normalized spacial score (nSPS) is 20.1. The average molecular weight is 242 g/mol. The molecule has 1 fully saturated rings. The summed E-state index contributed by atoms with van der Waals surface area (Å²) < 4.78 is 0. The topological polar surface area (TPSA) is 62.0 Å². The highest BCUT2D eigenvalue weighted by Crippen LogP contribution is 2.20. The maximum absolute atomic E-state index is 11.8. The number of nitrogens with one attached hydrogen (secondary N) is 2. The predicted molar refractivity (Wildman–Crippen MR) is 68.2 cm³/mol. The molecule has 0 radical (unpaired) electrons. The third-order valence-corrected chi connectivity index (χ3v) is 3.42. The molecule has 2 aromatic rings. The third-order valence-electron chi connectivity index (χ3n) is 3.42.